The SMILES string of the molecule is CC(C)(C)SCCNC(=O)CNc1cccc(Br)c1S(C)(=O)=O. The molecule has 0 spiro atoms. The average Bonchev–Trinajstić information content (AvgIpc) is 2.39. The average molecular weight is 423 g/mol. The summed E-state index contributed by atoms with van der Waals surface area (Å²) in [4.78, 5) is 12.0. The highest BCUT2D eigenvalue weighted by molar-refractivity contribution is 9.10. The molecule has 0 bridgehead atoms. The van der Waals surface area contributed by atoms with Crippen LogP contribution in [0.25, 0.3) is 0 Å². The Labute approximate surface area is 151 Å². The highest BCUT2D eigenvalue weighted by atomic mass is 79.9. The molecule has 0 aromatic heterocycles. The van der Waals surface area contributed by atoms with Gasteiger partial charge in [0.25, 0.3) is 0 Å². The maximum atomic E-state index is 11.9. The van der Waals surface area contributed by atoms with E-state index < -0.39 is 9.84 Å². The summed E-state index contributed by atoms with van der Waals surface area (Å²) in [5.74, 6) is 0.666. The van der Waals surface area contributed by atoms with Crippen LogP contribution in [0.3, 0.4) is 0 Å². The summed E-state index contributed by atoms with van der Waals surface area (Å²) in [5, 5.41) is 5.70. The normalized spacial score (nSPS) is 12.0. The molecule has 130 valence electrons. The van der Waals surface area contributed by atoms with Gasteiger partial charge in [0.2, 0.25) is 5.91 Å². The number of anilines is 1. The van der Waals surface area contributed by atoms with Gasteiger partial charge >= 0.3 is 0 Å². The lowest BCUT2D eigenvalue weighted by Crippen LogP contribution is -2.32. The van der Waals surface area contributed by atoms with Crippen LogP contribution in [-0.4, -0.2) is 44.2 Å². The molecular formula is C15H23BrN2O3S2. The minimum atomic E-state index is -3.39. The number of carbonyl (C=O) groups excluding carboxylic acids is 1. The van der Waals surface area contributed by atoms with E-state index in [1.807, 2.05) is 0 Å². The molecule has 0 atom stereocenters. The number of rotatable bonds is 7. The standard InChI is InChI=1S/C15H23BrN2O3S2/c1-15(2,3)22-9-8-17-13(19)10-18-12-7-5-6-11(16)14(12)23(4,20)21/h5-7,18H,8-10H2,1-4H3,(H,17,19). The Bertz CT molecular complexity index is 655. The Morgan fingerprint density at radius 2 is 1.96 bits per heavy atom. The van der Waals surface area contributed by atoms with E-state index in [2.05, 4.69) is 47.3 Å². The predicted octanol–water partition coefficient (Wildman–Crippen LogP) is 2.91. The van der Waals surface area contributed by atoms with Gasteiger partial charge in [0.05, 0.1) is 12.2 Å². The van der Waals surface area contributed by atoms with Gasteiger partial charge in [-0.15, -0.1) is 0 Å². The minimum absolute atomic E-state index is 0.0269. The first kappa shape index (κ1) is 20.3. The van der Waals surface area contributed by atoms with E-state index in [-0.39, 0.29) is 22.1 Å². The molecule has 23 heavy (non-hydrogen) atoms. The van der Waals surface area contributed by atoms with Gasteiger partial charge in [-0.1, -0.05) is 26.8 Å². The third kappa shape index (κ3) is 7.58. The van der Waals surface area contributed by atoms with E-state index in [1.54, 1.807) is 30.0 Å². The maximum Gasteiger partial charge on any atom is 0.239 e. The maximum absolute atomic E-state index is 11.9. The molecule has 0 fully saturated rings. The highest BCUT2D eigenvalue weighted by Crippen LogP contribution is 2.29. The van der Waals surface area contributed by atoms with Crippen molar-refractivity contribution < 1.29 is 13.2 Å². The Morgan fingerprint density at radius 3 is 2.52 bits per heavy atom. The minimum Gasteiger partial charge on any atom is -0.375 e. The number of nitrogens with one attached hydrogen (secondary N) is 2. The smallest absolute Gasteiger partial charge is 0.239 e. The summed E-state index contributed by atoms with van der Waals surface area (Å²) < 4.78 is 24.4. The van der Waals surface area contributed by atoms with Crippen molar-refractivity contribution in [2.75, 3.05) is 30.4 Å². The van der Waals surface area contributed by atoms with Crippen LogP contribution >= 0.6 is 27.7 Å². The van der Waals surface area contributed by atoms with E-state index in [9.17, 15) is 13.2 Å². The molecule has 0 heterocycles. The number of halogens is 1. The topological polar surface area (TPSA) is 75.3 Å². The number of hydrogen-bond donors (Lipinski definition) is 2. The molecule has 1 amide bonds. The van der Waals surface area contributed by atoms with Gasteiger partial charge in [-0.2, -0.15) is 11.8 Å². The molecule has 0 aliphatic carbocycles. The van der Waals surface area contributed by atoms with Crippen molar-refractivity contribution >= 4 is 49.1 Å². The molecule has 0 aliphatic heterocycles. The summed E-state index contributed by atoms with van der Waals surface area (Å²) in [5.41, 5.74) is 0.418. The number of thioether (sulfide) groups is 1. The molecule has 8 heteroatoms. The molecule has 1 rings (SSSR count). The summed E-state index contributed by atoms with van der Waals surface area (Å²) in [6.07, 6.45) is 1.14. The fraction of sp³-hybridized carbons (Fsp3) is 0.533. The summed E-state index contributed by atoms with van der Waals surface area (Å²) in [6.45, 7) is 6.99. The van der Waals surface area contributed by atoms with Crippen LogP contribution in [0, 0.1) is 0 Å². The second-order valence-electron chi connectivity index (χ2n) is 6.05. The first-order valence-corrected chi connectivity index (χ1v) is 10.8. The molecule has 1 aromatic carbocycles. The van der Waals surface area contributed by atoms with Crippen LogP contribution in [0.5, 0.6) is 0 Å². The Balaban J connectivity index is 2.56. The Hall–Kier alpha value is -0.730. The van der Waals surface area contributed by atoms with Gasteiger partial charge < -0.3 is 10.6 Å². The monoisotopic (exact) mass is 422 g/mol. The highest BCUT2D eigenvalue weighted by Gasteiger charge is 2.17. The zero-order valence-corrected chi connectivity index (χ0v) is 17.0. The molecular weight excluding hydrogens is 400 g/mol. The van der Waals surface area contributed by atoms with E-state index in [0.29, 0.717) is 16.7 Å². The molecule has 0 saturated heterocycles. The second kappa shape index (κ2) is 8.39. The van der Waals surface area contributed by atoms with Crippen LogP contribution < -0.4 is 10.6 Å². The fourth-order valence-corrected chi connectivity index (χ4v) is 4.84. The van der Waals surface area contributed by atoms with Crippen LogP contribution in [0.1, 0.15) is 20.8 Å². The first-order valence-electron chi connectivity index (χ1n) is 7.14. The third-order valence-corrected chi connectivity index (χ3v) is 6.12. The third-order valence-electron chi connectivity index (χ3n) is 2.74. The van der Waals surface area contributed by atoms with Gasteiger partial charge in [0.1, 0.15) is 4.90 Å². The Kier molecular flexibility index (Phi) is 7.41. The van der Waals surface area contributed by atoms with Crippen molar-refractivity contribution in [2.24, 2.45) is 0 Å². The molecule has 2 N–H and O–H groups in total. The van der Waals surface area contributed by atoms with Crippen LogP contribution in [-0.2, 0) is 14.6 Å². The van der Waals surface area contributed by atoms with E-state index in [1.165, 1.54) is 0 Å². The van der Waals surface area contributed by atoms with E-state index in [0.717, 1.165) is 12.0 Å². The fourth-order valence-electron chi connectivity index (χ4n) is 1.81. The largest absolute Gasteiger partial charge is 0.375 e. The van der Waals surface area contributed by atoms with Crippen LogP contribution in [0.15, 0.2) is 27.6 Å². The summed E-state index contributed by atoms with van der Waals surface area (Å²) in [7, 11) is -3.39. The Morgan fingerprint density at radius 1 is 1.30 bits per heavy atom. The van der Waals surface area contributed by atoms with Gasteiger partial charge in [-0.05, 0) is 28.1 Å². The summed E-state index contributed by atoms with van der Waals surface area (Å²) in [6, 6.07) is 5.02. The zero-order valence-electron chi connectivity index (χ0n) is 13.8. The van der Waals surface area contributed by atoms with Crippen molar-refractivity contribution in [3.8, 4) is 0 Å². The predicted molar refractivity (Wildman–Crippen MR) is 101 cm³/mol. The lowest BCUT2D eigenvalue weighted by atomic mass is 10.3. The number of carbonyl (C=O) groups is 1. The van der Waals surface area contributed by atoms with Crippen molar-refractivity contribution in [1.29, 1.82) is 0 Å². The summed E-state index contributed by atoms with van der Waals surface area (Å²) >= 11 is 5.01. The number of amides is 1. The first-order chi connectivity index (χ1) is 10.5. The van der Waals surface area contributed by atoms with Gasteiger partial charge in [0.15, 0.2) is 9.84 Å². The quantitative estimate of drug-likeness (QED) is 0.660. The van der Waals surface area contributed by atoms with Gasteiger partial charge in [0, 0.05) is 27.8 Å². The molecule has 5 nitrogen and oxygen atoms in total. The van der Waals surface area contributed by atoms with Crippen molar-refractivity contribution in [1.82, 2.24) is 5.32 Å². The zero-order chi connectivity index (χ0) is 17.7. The van der Waals surface area contributed by atoms with Crippen molar-refractivity contribution in [3.63, 3.8) is 0 Å². The molecule has 0 radical (unpaired) electrons. The molecule has 0 saturated carbocycles. The van der Waals surface area contributed by atoms with Crippen molar-refractivity contribution in [2.45, 2.75) is 30.4 Å². The lowest BCUT2D eigenvalue weighted by molar-refractivity contribution is -0.119. The number of sulfone groups is 1. The number of benzene rings is 1. The molecule has 0 aliphatic rings. The lowest BCUT2D eigenvalue weighted by Gasteiger charge is -2.17. The van der Waals surface area contributed by atoms with E-state index >= 15 is 0 Å². The van der Waals surface area contributed by atoms with Crippen LogP contribution in [0.2, 0.25) is 0 Å². The van der Waals surface area contributed by atoms with E-state index in [4.69, 9.17) is 0 Å². The number of hydrogen-bond acceptors (Lipinski definition) is 5. The molecule has 1 aromatic rings. The molecule has 0 unspecified atom stereocenters. The van der Waals surface area contributed by atoms with Crippen molar-refractivity contribution in [3.05, 3.63) is 22.7 Å². The van der Waals surface area contributed by atoms with Gasteiger partial charge in [-0.25, -0.2) is 8.42 Å². The second-order valence-corrected chi connectivity index (χ2v) is 10.8. The van der Waals surface area contributed by atoms with Gasteiger partial charge in [-0.3, -0.25) is 4.79 Å². The van der Waals surface area contributed by atoms with Crippen LogP contribution in [0.4, 0.5) is 5.69 Å².